The summed E-state index contributed by atoms with van der Waals surface area (Å²) in [6.45, 7) is 6.67. The van der Waals surface area contributed by atoms with Crippen molar-refractivity contribution in [3.63, 3.8) is 0 Å². The number of ketones is 1. The Bertz CT molecular complexity index is 995. The fraction of sp³-hybridized carbons (Fsp3) is 0.393. The van der Waals surface area contributed by atoms with Gasteiger partial charge in [-0.25, -0.2) is 0 Å². The van der Waals surface area contributed by atoms with Crippen molar-refractivity contribution in [1.29, 1.82) is 0 Å². The number of allylic oxidation sites excluding steroid dienone is 2. The van der Waals surface area contributed by atoms with Crippen molar-refractivity contribution in [2.45, 2.75) is 33.6 Å². The Balaban J connectivity index is 2.12. The van der Waals surface area contributed by atoms with Gasteiger partial charge in [0.15, 0.2) is 28.8 Å². The Labute approximate surface area is 197 Å². The molecule has 0 heterocycles. The largest absolute Gasteiger partial charge is 0.493 e. The van der Waals surface area contributed by atoms with Gasteiger partial charge in [-0.1, -0.05) is 45.0 Å². The lowest BCUT2D eigenvalue weighted by molar-refractivity contribution is -0.113. The molecule has 0 N–H and O–H groups in total. The van der Waals surface area contributed by atoms with Gasteiger partial charge >= 0.3 is 0 Å². The van der Waals surface area contributed by atoms with Crippen LogP contribution in [0.2, 0.25) is 0 Å². The van der Waals surface area contributed by atoms with Gasteiger partial charge < -0.3 is 18.9 Å². The molecule has 1 atom stereocenters. The quantitative estimate of drug-likeness (QED) is 0.490. The molecular formula is C28H34O5. The van der Waals surface area contributed by atoms with Crippen LogP contribution in [0, 0.1) is 11.3 Å². The highest BCUT2D eigenvalue weighted by Gasteiger charge is 2.35. The molecule has 0 saturated heterocycles. The van der Waals surface area contributed by atoms with Crippen LogP contribution in [0.3, 0.4) is 0 Å². The van der Waals surface area contributed by atoms with Crippen molar-refractivity contribution in [1.82, 2.24) is 0 Å². The first kappa shape index (κ1) is 24.4. The van der Waals surface area contributed by atoms with Gasteiger partial charge in [0.2, 0.25) is 0 Å². The van der Waals surface area contributed by atoms with Crippen LogP contribution in [0.1, 0.15) is 44.7 Å². The average molecular weight is 451 g/mol. The molecule has 0 amide bonds. The molecular weight excluding hydrogens is 416 g/mol. The number of carbonyl (C=O) groups excluding carboxylic acids is 1. The van der Waals surface area contributed by atoms with E-state index in [4.69, 9.17) is 18.9 Å². The van der Waals surface area contributed by atoms with Gasteiger partial charge in [-0.15, -0.1) is 0 Å². The summed E-state index contributed by atoms with van der Waals surface area (Å²) in [6, 6.07) is 11.4. The lowest BCUT2D eigenvalue weighted by Crippen LogP contribution is -2.29. The van der Waals surface area contributed by atoms with Crippen LogP contribution in [0.15, 0.2) is 47.5 Å². The second-order valence-electron chi connectivity index (χ2n) is 9.30. The highest BCUT2D eigenvalue weighted by atomic mass is 16.5. The molecule has 0 aromatic heterocycles. The van der Waals surface area contributed by atoms with Gasteiger partial charge in [0.1, 0.15) is 0 Å². The number of rotatable bonds is 6. The first-order chi connectivity index (χ1) is 15.7. The zero-order chi connectivity index (χ0) is 24.2. The van der Waals surface area contributed by atoms with E-state index in [0.29, 0.717) is 41.8 Å². The summed E-state index contributed by atoms with van der Waals surface area (Å²) in [5, 5.41) is 0. The summed E-state index contributed by atoms with van der Waals surface area (Å²) in [6.07, 6.45) is 5.29. The van der Waals surface area contributed by atoms with Crippen molar-refractivity contribution in [3.05, 3.63) is 58.7 Å². The third kappa shape index (κ3) is 5.24. The smallest absolute Gasteiger partial charge is 0.185 e. The Morgan fingerprint density at radius 2 is 1.15 bits per heavy atom. The van der Waals surface area contributed by atoms with Gasteiger partial charge in [0, 0.05) is 22.3 Å². The average Bonchev–Trinajstić information content (AvgIpc) is 2.80. The van der Waals surface area contributed by atoms with E-state index in [1.165, 1.54) is 0 Å². The van der Waals surface area contributed by atoms with E-state index < -0.39 is 0 Å². The monoisotopic (exact) mass is 450 g/mol. The van der Waals surface area contributed by atoms with E-state index in [-0.39, 0.29) is 11.2 Å². The van der Waals surface area contributed by atoms with Gasteiger partial charge in [-0.05, 0) is 48.5 Å². The molecule has 5 nitrogen and oxygen atoms in total. The molecule has 0 aliphatic heterocycles. The van der Waals surface area contributed by atoms with Crippen LogP contribution in [0.5, 0.6) is 23.0 Å². The molecule has 176 valence electrons. The zero-order valence-corrected chi connectivity index (χ0v) is 20.7. The van der Waals surface area contributed by atoms with E-state index in [9.17, 15) is 4.79 Å². The number of ether oxygens (including phenoxy) is 4. The zero-order valence-electron chi connectivity index (χ0n) is 20.7. The summed E-state index contributed by atoms with van der Waals surface area (Å²) in [5.74, 6) is 2.88. The third-order valence-electron chi connectivity index (χ3n) is 6.27. The van der Waals surface area contributed by atoms with Crippen LogP contribution in [-0.4, -0.2) is 34.2 Å². The van der Waals surface area contributed by atoms with E-state index >= 15 is 0 Å². The van der Waals surface area contributed by atoms with Gasteiger partial charge in [0.05, 0.1) is 28.4 Å². The molecule has 1 unspecified atom stereocenters. The molecule has 1 saturated carbocycles. The highest BCUT2D eigenvalue weighted by Crippen LogP contribution is 2.44. The Hall–Kier alpha value is -3.21. The van der Waals surface area contributed by atoms with Crippen molar-refractivity contribution in [3.8, 4) is 23.0 Å². The molecule has 1 aliphatic rings. The van der Waals surface area contributed by atoms with E-state index in [0.717, 1.165) is 22.3 Å². The highest BCUT2D eigenvalue weighted by molar-refractivity contribution is 6.14. The summed E-state index contributed by atoms with van der Waals surface area (Å²) in [5.41, 5.74) is 3.22. The van der Waals surface area contributed by atoms with Crippen LogP contribution in [-0.2, 0) is 4.79 Å². The SMILES string of the molecule is COc1cccc(/C=C2/CC(C(C)(C)C)C/C(=C\c3cccc(OC)c3OC)C2=O)c1OC. The molecule has 1 fully saturated rings. The summed E-state index contributed by atoms with van der Waals surface area (Å²) >= 11 is 0. The fourth-order valence-corrected chi connectivity index (χ4v) is 4.28. The topological polar surface area (TPSA) is 54.0 Å². The first-order valence-corrected chi connectivity index (χ1v) is 11.1. The minimum absolute atomic E-state index is 0.0375. The maximum absolute atomic E-state index is 13.6. The second kappa shape index (κ2) is 10.2. The van der Waals surface area contributed by atoms with Crippen LogP contribution in [0.4, 0.5) is 0 Å². The predicted molar refractivity (Wildman–Crippen MR) is 132 cm³/mol. The number of para-hydroxylation sites is 2. The maximum Gasteiger partial charge on any atom is 0.185 e. The molecule has 3 rings (SSSR count). The normalized spacial score (nSPS) is 19.0. The summed E-state index contributed by atoms with van der Waals surface area (Å²) < 4.78 is 22.1. The van der Waals surface area contributed by atoms with Crippen LogP contribution in [0.25, 0.3) is 12.2 Å². The van der Waals surface area contributed by atoms with Gasteiger partial charge in [0.25, 0.3) is 0 Å². The number of Topliss-reactive ketones (excluding diaryl/α,β-unsaturated/α-hetero) is 1. The predicted octanol–water partition coefficient (Wildman–Crippen LogP) is 6.21. The number of benzene rings is 2. The lowest BCUT2D eigenvalue weighted by atomic mass is 9.68. The van der Waals surface area contributed by atoms with E-state index in [2.05, 4.69) is 20.8 Å². The number of hydrogen-bond donors (Lipinski definition) is 0. The molecule has 33 heavy (non-hydrogen) atoms. The Morgan fingerprint density at radius 1 is 0.727 bits per heavy atom. The van der Waals surface area contributed by atoms with Crippen molar-refractivity contribution in [2.75, 3.05) is 28.4 Å². The van der Waals surface area contributed by atoms with Crippen molar-refractivity contribution in [2.24, 2.45) is 11.3 Å². The minimum atomic E-state index is 0.0375. The van der Waals surface area contributed by atoms with Crippen molar-refractivity contribution >= 4 is 17.9 Å². The number of hydrogen-bond acceptors (Lipinski definition) is 5. The van der Waals surface area contributed by atoms with Gasteiger partial charge in [-0.2, -0.15) is 0 Å². The molecule has 2 aromatic carbocycles. The lowest BCUT2D eigenvalue weighted by Gasteiger charge is -2.35. The van der Waals surface area contributed by atoms with Crippen molar-refractivity contribution < 1.29 is 23.7 Å². The summed E-state index contributed by atoms with van der Waals surface area (Å²) in [4.78, 5) is 13.6. The second-order valence-corrected chi connectivity index (χ2v) is 9.30. The Morgan fingerprint density at radius 3 is 1.48 bits per heavy atom. The van der Waals surface area contributed by atoms with E-state index in [1.807, 2.05) is 48.6 Å². The molecule has 0 spiro atoms. The van der Waals surface area contributed by atoms with E-state index in [1.54, 1.807) is 28.4 Å². The van der Waals surface area contributed by atoms with Crippen LogP contribution < -0.4 is 18.9 Å². The minimum Gasteiger partial charge on any atom is -0.493 e. The fourth-order valence-electron chi connectivity index (χ4n) is 4.28. The summed E-state index contributed by atoms with van der Waals surface area (Å²) in [7, 11) is 6.44. The standard InChI is InChI=1S/C28H34O5/c1-28(2,3)22-16-20(14-18-10-8-12-23(30-4)26(18)32-6)25(29)21(17-22)15-19-11-9-13-24(31-5)27(19)33-7/h8-15,22H,16-17H2,1-7H3/b20-14-,21-15+. The molecule has 0 radical (unpaired) electrons. The Kier molecular flexibility index (Phi) is 7.52. The molecule has 0 bridgehead atoms. The number of carbonyl (C=O) groups is 1. The molecule has 1 aliphatic carbocycles. The van der Waals surface area contributed by atoms with Crippen LogP contribution >= 0.6 is 0 Å². The molecule has 5 heteroatoms. The first-order valence-electron chi connectivity index (χ1n) is 11.1. The number of methoxy groups -OCH3 is 4. The third-order valence-corrected chi connectivity index (χ3v) is 6.27. The maximum atomic E-state index is 13.6. The molecule has 2 aromatic rings. The van der Waals surface area contributed by atoms with Gasteiger partial charge in [-0.3, -0.25) is 4.79 Å².